The van der Waals surface area contributed by atoms with Gasteiger partial charge in [0.15, 0.2) is 0 Å². The summed E-state index contributed by atoms with van der Waals surface area (Å²) < 4.78 is 0. The van der Waals surface area contributed by atoms with Crippen LogP contribution >= 0.6 is 0 Å². The Balaban J connectivity index is 1.63. The first-order chi connectivity index (χ1) is 17.4. The Hall–Kier alpha value is -3.97. The summed E-state index contributed by atoms with van der Waals surface area (Å²) in [5.74, 6) is 0.471. The molecule has 0 fully saturated rings. The minimum absolute atomic E-state index is 0.121. The summed E-state index contributed by atoms with van der Waals surface area (Å²) in [6.07, 6.45) is 4.35. The second-order valence-corrected chi connectivity index (χ2v) is 10.7. The molecule has 5 aromatic rings. The zero-order valence-corrected chi connectivity index (χ0v) is 21.4. The number of aromatic nitrogens is 1. The van der Waals surface area contributed by atoms with Gasteiger partial charge < -0.3 is 0 Å². The molecule has 0 atom stereocenters. The van der Waals surface area contributed by atoms with Crippen LogP contribution in [0.2, 0.25) is 0 Å². The second kappa shape index (κ2) is 8.60. The molecule has 0 radical (unpaired) electrons. The van der Waals surface area contributed by atoms with Crippen molar-refractivity contribution in [1.82, 2.24) is 4.98 Å². The van der Waals surface area contributed by atoms with Gasteiger partial charge in [0, 0.05) is 22.6 Å². The fraction of sp³-hybridized carbons (Fsp3) is 0.171. The van der Waals surface area contributed by atoms with Crippen LogP contribution in [-0.2, 0) is 5.41 Å². The number of fused-ring (bicyclic) bond motifs is 2. The summed E-state index contributed by atoms with van der Waals surface area (Å²) in [4.78, 5) is 4.95. The third kappa shape index (κ3) is 3.67. The van der Waals surface area contributed by atoms with Gasteiger partial charge in [0.2, 0.25) is 0 Å². The molecule has 1 aromatic heterocycles. The number of nitrogens with zero attached hydrogens (tertiary/aromatic N) is 1. The fourth-order valence-corrected chi connectivity index (χ4v) is 5.63. The van der Waals surface area contributed by atoms with Crippen molar-refractivity contribution >= 4 is 22.4 Å². The minimum Gasteiger partial charge on any atom is -0.256 e. The van der Waals surface area contributed by atoms with Crippen molar-refractivity contribution in [3.8, 4) is 22.4 Å². The first-order valence-electron chi connectivity index (χ1n) is 12.8. The lowest BCUT2D eigenvalue weighted by Gasteiger charge is -2.26. The van der Waals surface area contributed by atoms with Gasteiger partial charge in [-0.05, 0) is 80.6 Å². The topological polar surface area (TPSA) is 12.9 Å². The van der Waals surface area contributed by atoms with E-state index in [0.29, 0.717) is 5.92 Å². The smallest absolute Gasteiger partial charge is 0.0780 e. The van der Waals surface area contributed by atoms with Gasteiger partial charge in [0.05, 0.1) is 5.69 Å². The van der Waals surface area contributed by atoms with Crippen LogP contribution in [0.25, 0.3) is 44.8 Å². The molecule has 176 valence electrons. The van der Waals surface area contributed by atoms with Crippen LogP contribution in [-0.4, -0.2) is 4.98 Å². The predicted octanol–water partition coefficient (Wildman–Crippen LogP) is 9.52. The molecule has 1 aliphatic carbocycles. The molecule has 0 spiro atoms. The first kappa shape index (κ1) is 22.5. The highest BCUT2D eigenvalue weighted by molar-refractivity contribution is 6.01. The van der Waals surface area contributed by atoms with Gasteiger partial charge >= 0.3 is 0 Å². The van der Waals surface area contributed by atoms with Crippen molar-refractivity contribution in [1.29, 1.82) is 0 Å². The van der Waals surface area contributed by atoms with Gasteiger partial charge in [-0.3, -0.25) is 4.98 Å². The van der Waals surface area contributed by atoms with Gasteiger partial charge in [0.25, 0.3) is 0 Å². The first-order valence-corrected chi connectivity index (χ1v) is 12.8. The zero-order valence-electron chi connectivity index (χ0n) is 21.4. The molecule has 1 aliphatic rings. The third-order valence-corrected chi connectivity index (χ3v) is 7.72. The normalized spacial score (nSPS) is 14.2. The summed E-state index contributed by atoms with van der Waals surface area (Å²) in [6.45, 7) is 9.20. The van der Waals surface area contributed by atoms with E-state index >= 15 is 0 Å². The van der Waals surface area contributed by atoms with Crippen molar-refractivity contribution < 1.29 is 0 Å². The van der Waals surface area contributed by atoms with Crippen LogP contribution < -0.4 is 0 Å². The van der Waals surface area contributed by atoms with E-state index in [-0.39, 0.29) is 5.41 Å². The van der Waals surface area contributed by atoms with E-state index in [4.69, 9.17) is 4.98 Å². The van der Waals surface area contributed by atoms with E-state index in [9.17, 15) is 0 Å². The Morgan fingerprint density at radius 3 is 2.08 bits per heavy atom. The Morgan fingerprint density at radius 2 is 1.39 bits per heavy atom. The van der Waals surface area contributed by atoms with Crippen LogP contribution in [0.3, 0.4) is 0 Å². The maximum absolute atomic E-state index is 4.95. The number of hydrogen-bond donors (Lipinski definition) is 0. The maximum Gasteiger partial charge on any atom is 0.0780 e. The van der Waals surface area contributed by atoms with Crippen LogP contribution in [0, 0.1) is 0 Å². The summed E-state index contributed by atoms with van der Waals surface area (Å²) in [5, 5.41) is 2.45. The molecule has 0 bridgehead atoms. The Kier molecular flexibility index (Phi) is 5.38. The van der Waals surface area contributed by atoms with E-state index in [2.05, 4.69) is 131 Å². The summed E-state index contributed by atoms with van der Waals surface area (Å²) >= 11 is 0. The van der Waals surface area contributed by atoms with Crippen molar-refractivity contribution in [2.45, 2.75) is 39.0 Å². The van der Waals surface area contributed by atoms with Crippen molar-refractivity contribution in [3.05, 3.63) is 126 Å². The van der Waals surface area contributed by atoms with Gasteiger partial charge in [-0.15, -0.1) is 0 Å². The van der Waals surface area contributed by atoms with Gasteiger partial charge in [-0.2, -0.15) is 0 Å². The summed E-state index contributed by atoms with van der Waals surface area (Å²) in [7, 11) is 0. The number of hydrogen-bond acceptors (Lipinski definition) is 1. The van der Waals surface area contributed by atoms with Crippen LogP contribution in [0.4, 0.5) is 0 Å². The van der Waals surface area contributed by atoms with Crippen LogP contribution in [0.1, 0.15) is 55.9 Å². The number of rotatable bonds is 4. The Labute approximate surface area is 214 Å². The molecule has 4 aromatic carbocycles. The summed E-state index contributed by atoms with van der Waals surface area (Å²) in [5.41, 5.74) is 11.3. The highest BCUT2D eigenvalue weighted by atomic mass is 14.7. The number of allylic oxidation sites excluding steroid dienone is 1. The monoisotopic (exact) mass is 465 g/mol. The average molecular weight is 466 g/mol. The second-order valence-electron chi connectivity index (χ2n) is 10.7. The molecule has 0 N–H and O–H groups in total. The molecule has 0 aliphatic heterocycles. The number of benzene rings is 4. The lowest BCUT2D eigenvalue weighted by molar-refractivity contribution is 0.704. The maximum atomic E-state index is 4.95. The molecular weight excluding hydrogens is 434 g/mol. The molecular formula is C35H31N. The van der Waals surface area contributed by atoms with E-state index in [1.54, 1.807) is 0 Å². The van der Waals surface area contributed by atoms with Gasteiger partial charge in [-0.1, -0.05) is 100 Å². The lowest BCUT2D eigenvalue weighted by atomic mass is 9.77. The molecule has 0 saturated heterocycles. The van der Waals surface area contributed by atoms with E-state index in [0.717, 1.165) is 5.69 Å². The number of pyridine rings is 1. The molecule has 6 rings (SSSR count). The van der Waals surface area contributed by atoms with Gasteiger partial charge in [0.1, 0.15) is 0 Å². The fourth-order valence-electron chi connectivity index (χ4n) is 5.63. The molecule has 0 unspecified atom stereocenters. The highest BCUT2D eigenvalue weighted by Crippen LogP contribution is 2.50. The van der Waals surface area contributed by atoms with Crippen LogP contribution in [0.5, 0.6) is 0 Å². The summed E-state index contributed by atoms with van der Waals surface area (Å²) in [6, 6.07) is 35.2. The van der Waals surface area contributed by atoms with Crippen molar-refractivity contribution in [2.24, 2.45) is 0 Å². The van der Waals surface area contributed by atoms with Crippen molar-refractivity contribution in [3.63, 3.8) is 0 Å². The standard InChI is InChI=1S/C35H31N/c1-23(2)27-16-15-25-17-18-36-34(30(25)19-27)28-20-29(24-11-7-5-8-12-24)31-22-32(26-13-9-6-10-14-26)35(3,4)33(31)21-28/h5-23H,1-4H3. The quantitative estimate of drug-likeness (QED) is 0.257. The molecule has 1 heterocycles. The molecule has 0 saturated carbocycles. The Bertz CT molecular complexity index is 1610. The molecule has 36 heavy (non-hydrogen) atoms. The van der Waals surface area contributed by atoms with E-state index < -0.39 is 0 Å². The van der Waals surface area contributed by atoms with E-state index in [1.165, 1.54) is 55.3 Å². The predicted molar refractivity (Wildman–Crippen MR) is 154 cm³/mol. The SMILES string of the molecule is CC(C)c1ccc2ccnc(-c3cc(-c4ccccc4)c4c(c3)C(C)(C)C(c3ccccc3)=C4)c2c1. The largest absolute Gasteiger partial charge is 0.256 e. The highest BCUT2D eigenvalue weighted by Gasteiger charge is 2.35. The van der Waals surface area contributed by atoms with Crippen LogP contribution in [0.15, 0.2) is 103 Å². The third-order valence-electron chi connectivity index (χ3n) is 7.72. The Morgan fingerprint density at radius 1 is 0.694 bits per heavy atom. The van der Waals surface area contributed by atoms with Gasteiger partial charge in [-0.25, -0.2) is 0 Å². The van der Waals surface area contributed by atoms with E-state index in [1.807, 2.05) is 6.20 Å². The van der Waals surface area contributed by atoms with Crippen molar-refractivity contribution in [2.75, 3.05) is 0 Å². The molecule has 1 heteroatoms. The molecule has 1 nitrogen and oxygen atoms in total. The molecule has 0 amide bonds. The zero-order chi connectivity index (χ0) is 24.9. The lowest BCUT2D eigenvalue weighted by Crippen LogP contribution is -2.16. The minimum atomic E-state index is -0.121. The average Bonchev–Trinajstić information content (AvgIpc) is 3.18.